The van der Waals surface area contributed by atoms with Crippen molar-refractivity contribution >= 4 is 10.9 Å². The van der Waals surface area contributed by atoms with E-state index in [0.29, 0.717) is 11.8 Å². The average molecular weight is 242 g/mol. The molecule has 0 spiro atoms. The monoisotopic (exact) mass is 242 g/mol. The zero-order chi connectivity index (χ0) is 12.7. The zero-order valence-electron chi connectivity index (χ0n) is 11.1. The Labute approximate surface area is 107 Å². The Balaban J connectivity index is 2.25. The van der Waals surface area contributed by atoms with Gasteiger partial charge in [-0.2, -0.15) is 0 Å². The van der Waals surface area contributed by atoms with E-state index in [1.54, 1.807) is 13.4 Å². The van der Waals surface area contributed by atoms with Gasteiger partial charge in [0, 0.05) is 11.5 Å². The van der Waals surface area contributed by atoms with Crippen LogP contribution in [-0.2, 0) is 0 Å². The molecule has 0 saturated heterocycles. The molecule has 3 rings (SSSR count). The fourth-order valence-electron chi connectivity index (χ4n) is 2.47. The average Bonchev–Trinajstić information content (AvgIpc) is 3.20. The summed E-state index contributed by atoms with van der Waals surface area (Å²) in [5.41, 5.74) is 3.43. The Kier molecular flexibility index (Phi) is 2.69. The molecule has 3 heteroatoms. The second kappa shape index (κ2) is 4.23. The normalized spacial score (nSPS) is 15.3. The van der Waals surface area contributed by atoms with Gasteiger partial charge in [-0.05, 0) is 36.3 Å². The summed E-state index contributed by atoms with van der Waals surface area (Å²) in [6.07, 6.45) is 4.19. The number of fused-ring (bicyclic) bond motifs is 1. The SMILES string of the molecule is COc1cc2ncnc(C(C)C)c2cc1C1CC1. The van der Waals surface area contributed by atoms with Crippen LogP contribution in [0.15, 0.2) is 18.5 Å². The summed E-state index contributed by atoms with van der Waals surface area (Å²) in [5, 5.41) is 1.18. The Morgan fingerprint density at radius 3 is 2.61 bits per heavy atom. The molecular formula is C15H18N2O. The molecule has 0 unspecified atom stereocenters. The van der Waals surface area contributed by atoms with Crippen molar-refractivity contribution in [2.24, 2.45) is 0 Å². The third-order valence-electron chi connectivity index (χ3n) is 3.58. The van der Waals surface area contributed by atoms with Crippen LogP contribution in [0.1, 0.15) is 49.8 Å². The standard InChI is InChI=1S/C15H18N2O/c1-9(2)15-12-6-11(10-4-5-10)14(18-3)7-13(12)16-8-17-15/h6-10H,4-5H2,1-3H3. The highest BCUT2D eigenvalue weighted by Crippen LogP contribution is 2.45. The van der Waals surface area contributed by atoms with Crippen LogP contribution in [-0.4, -0.2) is 17.1 Å². The molecule has 0 atom stereocenters. The maximum Gasteiger partial charge on any atom is 0.124 e. The summed E-state index contributed by atoms with van der Waals surface area (Å²) in [6.45, 7) is 4.34. The first-order chi connectivity index (χ1) is 8.70. The first-order valence-corrected chi connectivity index (χ1v) is 6.53. The molecule has 2 aromatic rings. The van der Waals surface area contributed by atoms with Gasteiger partial charge in [0.15, 0.2) is 0 Å². The summed E-state index contributed by atoms with van der Waals surface area (Å²) in [4.78, 5) is 8.79. The van der Waals surface area contributed by atoms with E-state index in [-0.39, 0.29) is 0 Å². The lowest BCUT2D eigenvalue weighted by atomic mass is 10.0. The van der Waals surface area contributed by atoms with E-state index in [2.05, 4.69) is 35.9 Å². The number of hydrogen-bond acceptors (Lipinski definition) is 3. The molecule has 0 N–H and O–H groups in total. The molecule has 1 aliphatic rings. The number of methoxy groups -OCH3 is 1. The van der Waals surface area contributed by atoms with Gasteiger partial charge in [-0.15, -0.1) is 0 Å². The highest BCUT2D eigenvalue weighted by atomic mass is 16.5. The Hall–Kier alpha value is -1.64. The van der Waals surface area contributed by atoms with E-state index < -0.39 is 0 Å². The number of hydrogen-bond donors (Lipinski definition) is 0. The molecule has 0 bridgehead atoms. The summed E-state index contributed by atoms with van der Waals surface area (Å²) >= 11 is 0. The van der Waals surface area contributed by atoms with Gasteiger partial charge in [0.25, 0.3) is 0 Å². The van der Waals surface area contributed by atoms with Gasteiger partial charge < -0.3 is 4.74 Å². The maximum absolute atomic E-state index is 5.49. The highest BCUT2D eigenvalue weighted by Gasteiger charge is 2.27. The minimum absolute atomic E-state index is 0.413. The molecule has 0 radical (unpaired) electrons. The van der Waals surface area contributed by atoms with Crippen LogP contribution < -0.4 is 4.74 Å². The largest absolute Gasteiger partial charge is 0.496 e. The predicted molar refractivity (Wildman–Crippen MR) is 72.2 cm³/mol. The first kappa shape index (κ1) is 11.5. The van der Waals surface area contributed by atoms with Crippen molar-refractivity contribution in [3.05, 3.63) is 29.7 Å². The van der Waals surface area contributed by atoms with Crippen molar-refractivity contribution in [1.29, 1.82) is 0 Å². The summed E-state index contributed by atoms with van der Waals surface area (Å²) in [5.74, 6) is 2.05. The van der Waals surface area contributed by atoms with Gasteiger partial charge in [0.2, 0.25) is 0 Å². The minimum Gasteiger partial charge on any atom is -0.496 e. The lowest BCUT2D eigenvalue weighted by Crippen LogP contribution is -1.98. The third kappa shape index (κ3) is 1.84. The molecule has 94 valence electrons. The van der Waals surface area contributed by atoms with Crippen LogP contribution in [0.4, 0.5) is 0 Å². The molecular weight excluding hydrogens is 224 g/mol. The van der Waals surface area contributed by atoms with Gasteiger partial charge in [-0.3, -0.25) is 0 Å². The minimum atomic E-state index is 0.413. The smallest absolute Gasteiger partial charge is 0.124 e. The highest BCUT2D eigenvalue weighted by molar-refractivity contribution is 5.84. The van der Waals surface area contributed by atoms with E-state index in [9.17, 15) is 0 Å². The van der Waals surface area contributed by atoms with Crippen molar-refractivity contribution in [2.45, 2.75) is 38.5 Å². The summed E-state index contributed by atoms with van der Waals surface area (Å²) < 4.78 is 5.49. The van der Waals surface area contributed by atoms with Crippen LogP contribution in [0, 0.1) is 0 Å². The second-order valence-corrected chi connectivity index (χ2v) is 5.30. The van der Waals surface area contributed by atoms with Crippen LogP contribution in [0.5, 0.6) is 5.75 Å². The van der Waals surface area contributed by atoms with Crippen LogP contribution in [0.3, 0.4) is 0 Å². The fourth-order valence-corrected chi connectivity index (χ4v) is 2.47. The van der Waals surface area contributed by atoms with Gasteiger partial charge >= 0.3 is 0 Å². The van der Waals surface area contributed by atoms with E-state index in [1.807, 2.05) is 0 Å². The number of benzene rings is 1. The summed E-state index contributed by atoms with van der Waals surface area (Å²) in [6, 6.07) is 4.29. The molecule has 1 fully saturated rings. The van der Waals surface area contributed by atoms with Gasteiger partial charge in [-0.1, -0.05) is 13.8 Å². The number of aromatic nitrogens is 2. The van der Waals surface area contributed by atoms with E-state index >= 15 is 0 Å². The second-order valence-electron chi connectivity index (χ2n) is 5.30. The van der Waals surface area contributed by atoms with Crippen LogP contribution in [0.2, 0.25) is 0 Å². The van der Waals surface area contributed by atoms with Crippen molar-refractivity contribution in [2.75, 3.05) is 7.11 Å². The van der Waals surface area contributed by atoms with Crippen molar-refractivity contribution < 1.29 is 4.74 Å². The first-order valence-electron chi connectivity index (χ1n) is 6.53. The molecule has 3 nitrogen and oxygen atoms in total. The summed E-state index contributed by atoms with van der Waals surface area (Å²) in [7, 11) is 1.73. The Morgan fingerprint density at radius 1 is 1.22 bits per heavy atom. The lowest BCUT2D eigenvalue weighted by molar-refractivity contribution is 0.410. The molecule has 18 heavy (non-hydrogen) atoms. The number of ether oxygens (including phenoxy) is 1. The van der Waals surface area contributed by atoms with E-state index in [0.717, 1.165) is 17.0 Å². The Bertz CT molecular complexity index is 588. The quantitative estimate of drug-likeness (QED) is 0.824. The molecule has 1 saturated carbocycles. The topological polar surface area (TPSA) is 35.0 Å². The van der Waals surface area contributed by atoms with Crippen molar-refractivity contribution in [1.82, 2.24) is 9.97 Å². The third-order valence-corrected chi connectivity index (χ3v) is 3.58. The van der Waals surface area contributed by atoms with Crippen LogP contribution in [0.25, 0.3) is 10.9 Å². The Morgan fingerprint density at radius 2 is 2.00 bits per heavy atom. The predicted octanol–water partition coefficient (Wildman–Crippen LogP) is 3.64. The molecule has 0 amide bonds. The number of nitrogens with zero attached hydrogens (tertiary/aromatic N) is 2. The van der Waals surface area contributed by atoms with E-state index in [4.69, 9.17) is 4.74 Å². The molecule has 1 aromatic heterocycles. The zero-order valence-corrected chi connectivity index (χ0v) is 11.1. The van der Waals surface area contributed by atoms with Crippen molar-refractivity contribution in [3.8, 4) is 5.75 Å². The molecule has 1 aromatic carbocycles. The maximum atomic E-state index is 5.49. The fraction of sp³-hybridized carbons (Fsp3) is 0.467. The molecule has 0 aliphatic heterocycles. The van der Waals surface area contributed by atoms with Crippen LogP contribution >= 0.6 is 0 Å². The van der Waals surface area contributed by atoms with Crippen molar-refractivity contribution in [3.63, 3.8) is 0 Å². The van der Waals surface area contributed by atoms with Gasteiger partial charge in [0.05, 0.1) is 18.3 Å². The molecule has 1 aliphatic carbocycles. The van der Waals surface area contributed by atoms with E-state index in [1.165, 1.54) is 23.8 Å². The van der Waals surface area contributed by atoms with Gasteiger partial charge in [0.1, 0.15) is 12.1 Å². The lowest BCUT2D eigenvalue weighted by Gasteiger charge is -2.12. The molecule has 1 heterocycles. The van der Waals surface area contributed by atoms with Gasteiger partial charge in [-0.25, -0.2) is 9.97 Å². The number of rotatable bonds is 3.